The van der Waals surface area contributed by atoms with Gasteiger partial charge in [-0.15, -0.1) is 11.3 Å². The van der Waals surface area contributed by atoms with Gasteiger partial charge in [-0.25, -0.2) is 14.4 Å². The first-order valence-electron chi connectivity index (χ1n) is 10.9. The molecule has 4 aromatic heterocycles. The van der Waals surface area contributed by atoms with Crippen molar-refractivity contribution in [1.82, 2.24) is 29.6 Å². The number of halogens is 1. The Labute approximate surface area is 194 Å². The van der Waals surface area contributed by atoms with Gasteiger partial charge in [0.25, 0.3) is 5.91 Å². The van der Waals surface area contributed by atoms with Crippen LogP contribution in [0.4, 0.5) is 10.2 Å². The van der Waals surface area contributed by atoms with Crippen LogP contribution in [0.3, 0.4) is 0 Å². The van der Waals surface area contributed by atoms with Crippen LogP contribution in [-0.4, -0.2) is 61.8 Å². The highest BCUT2D eigenvalue weighted by molar-refractivity contribution is 7.10. The van der Waals surface area contributed by atoms with Crippen LogP contribution in [0.2, 0.25) is 0 Å². The Balaban J connectivity index is 1.28. The zero-order valence-electron chi connectivity index (χ0n) is 18.2. The lowest BCUT2D eigenvalue weighted by Gasteiger charge is -2.30. The number of thiazole rings is 1. The maximum Gasteiger partial charge on any atom is 0.276 e. The smallest absolute Gasteiger partial charge is 0.276 e. The first-order chi connectivity index (χ1) is 16.1. The number of hydrogen-bond acceptors (Lipinski definition) is 7. The van der Waals surface area contributed by atoms with E-state index >= 15 is 0 Å². The number of hydrogen-bond donors (Lipinski definition) is 1. The van der Waals surface area contributed by atoms with E-state index in [0.717, 1.165) is 53.0 Å². The summed E-state index contributed by atoms with van der Waals surface area (Å²) in [5, 5.41) is 11.6. The van der Waals surface area contributed by atoms with Crippen LogP contribution >= 0.6 is 11.3 Å². The fraction of sp³-hybridized carbons (Fsp3) is 0.348. The van der Waals surface area contributed by atoms with E-state index in [1.54, 1.807) is 28.7 Å². The first kappa shape index (κ1) is 21.6. The van der Waals surface area contributed by atoms with Crippen molar-refractivity contribution in [2.75, 3.05) is 31.6 Å². The van der Waals surface area contributed by atoms with Crippen LogP contribution in [0.5, 0.6) is 0 Å². The molecule has 0 atom stereocenters. The number of alkyl halides is 1. The summed E-state index contributed by atoms with van der Waals surface area (Å²) in [5.74, 6) is 0.510. The minimum absolute atomic E-state index is 0.277. The molecule has 0 unspecified atom stereocenters. The lowest BCUT2D eigenvalue weighted by Crippen LogP contribution is -2.34. The molecule has 10 heteroatoms. The van der Waals surface area contributed by atoms with E-state index in [-0.39, 0.29) is 12.6 Å². The molecule has 1 fully saturated rings. The van der Waals surface area contributed by atoms with Crippen molar-refractivity contribution in [2.24, 2.45) is 7.05 Å². The molecule has 33 heavy (non-hydrogen) atoms. The van der Waals surface area contributed by atoms with E-state index in [4.69, 9.17) is 0 Å². The number of anilines is 1. The molecule has 170 valence electrons. The topological polar surface area (TPSA) is 88.8 Å². The molecule has 1 aliphatic heterocycles. The van der Waals surface area contributed by atoms with Crippen LogP contribution in [0, 0.1) is 0 Å². The minimum atomic E-state index is -0.309. The predicted octanol–water partition coefficient (Wildman–Crippen LogP) is 3.89. The zero-order chi connectivity index (χ0) is 22.8. The third-order valence-electron chi connectivity index (χ3n) is 5.94. The van der Waals surface area contributed by atoms with Gasteiger partial charge in [-0.05, 0) is 43.5 Å². The number of piperidine rings is 1. The van der Waals surface area contributed by atoms with Crippen molar-refractivity contribution in [3.05, 3.63) is 53.0 Å². The Hall–Kier alpha value is -3.24. The molecule has 1 saturated heterocycles. The second-order valence-corrected chi connectivity index (χ2v) is 9.11. The molecule has 1 aliphatic rings. The molecule has 1 amide bonds. The highest BCUT2D eigenvalue weighted by atomic mass is 32.1. The third-order valence-corrected chi connectivity index (χ3v) is 6.94. The summed E-state index contributed by atoms with van der Waals surface area (Å²) in [5.41, 5.74) is 2.13. The van der Waals surface area contributed by atoms with Gasteiger partial charge in [0.1, 0.15) is 18.2 Å². The standard InChI is InChI=1S/C23H24FN7OS/c1-30-13-18(12-27-30)19-8-16-9-21(26-11-17(16)10-25-19)29-22(32)20-14-33-23(28-20)15-2-5-31(6-3-15)7-4-24/h8-15H,2-7H2,1H3,(H,26,29,32). The summed E-state index contributed by atoms with van der Waals surface area (Å²) in [6, 6.07) is 3.79. The molecule has 0 spiro atoms. The summed E-state index contributed by atoms with van der Waals surface area (Å²) in [6.07, 6.45) is 9.01. The Morgan fingerprint density at radius 1 is 1.18 bits per heavy atom. The highest BCUT2D eigenvalue weighted by Gasteiger charge is 2.24. The summed E-state index contributed by atoms with van der Waals surface area (Å²) in [6.45, 7) is 1.92. The number of amides is 1. The number of rotatable bonds is 6. The number of fused-ring (bicyclic) bond motifs is 1. The van der Waals surface area contributed by atoms with Gasteiger partial charge in [0.05, 0.1) is 16.9 Å². The first-order valence-corrected chi connectivity index (χ1v) is 11.8. The number of likely N-dealkylation sites (tertiary alicyclic amines) is 1. The van der Waals surface area contributed by atoms with Crippen LogP contribution in [0.15, 0.2) is 42.3 Å². The fourth-order valence-corrected chi connectivity index (χ4v) is 5.07. The molecule has 0 saturated carbocycles. The number of carbonyl (C=O) groups excluding carboxylic acids is 1. The van der Waals surface area contributed by atoms with Gasteiger partial charge < -0.3 is 10.2 Å². The Kier molecular flexibility index (Phi) is 6.10. The third kappa shape index (κ3) is 4.76. The number of nitrogens with one attached hydrogen (secondary N) is 1. The van der Waals surface area contributed by atoms with Crippen molar-refractivity contribution < 1.29 is 9.18 Å². The van der Waals surface area contributed by atoms with Gasteiger partial charge in [-0.2, -0.15) is 5.10 Å². The van der Waals surface area contributed by atoms with Gasteiger partial charge >= 0.3 is 0 Å². The molecule has 0 aliphatic carbocycles. The molecule has 5 rings (SSSR count). The Bertz CT molecular complexity index is 1280. The molecule has 5 heterocycles. The van der Waals surface area contributed by atoms with E-state index in [1.165, 1.54) is 11.3 Å². The van der Waals surface area contributed by atoms with Gasteiger partial charge in [0.15, 0.2) is 0 Å². The van der Waals surface area contributed by atoms with Crippen molar-refractivity contribution in [1.29, 1.82) is 0 Å². The maximum atomic E-state index is 12.8. The average molecular weight is 466 g/mol. The largest absolute Gasteiger partial charge is 0.305 e. The molecule has 0 aromatic carbocycles. The van der Waals surface area contributed by atoms with E-state index < -0.39 is 0 Å². The molecule has 4 aromatic rings. The quantitative estimate of drug-likeness (QED) is 0.465. The second-order valence-electron chi connectivity index (χ2n) is 8.22. The fourth-order valence-electron chi connectivity index (χ4n) is 4.10. The van der Waals surface area contributed by atoms with Crippen LogP contribution in [-0.2, 0) is 7.05 Å². The van der Waals surface area contributed by atoms with Crippen molar-refractivity contribution in [2.45, 2.75) is 18.8 Å². The van der Waals surface area contributed by atoms with Crippen LogP contribution < -0.4 is 5.32 Å². The minimum Gasteiger partial charge on any atom is -0.305 e. The second kappa shape index (κ2) is 9.32. The molecular formula is C23H24FN7OS. The SMILES string of the molecule is Cn1cc(-c2cc3cc(NC(=O)c4csc(C5CCN(CCF)CC5)n4)ncc3cn2)cn1. The number of aromatic nitrogens is 5. The summed E-state index contributed by atoms with van der Waals surface area (Å²) < 4.78 is 14.3. The van der Waals surface area contributed by atoms with Gasteiger partial charge in [0.2, 0.25) is 0 Å². The molecule has 1 N–H and O–H groups in total. The van der Waals surface area contributed by atoms with Crippen molar-refractivity contribution in [3.63, 3.8) is 0 Å². The molecule has 8 nitrogen and oxygen atoms in total. The van der Waals surface area contributed by atoms with Crippen LogP contribution in [0.25, 0.3) is 22.0 Å². The van der Waals surface area contributed by atoms with Crippen molar-refractivity contribution in [3.8, 4) is 11.3 Å². The average Bonchev–Trinajstić information content (AvgIpc) is 3.49. The monoisotopic (exact) mass is 465 g/mol. The molecule has 0 radical (unpaired) electrons. The highest BCUT2D eigenvalue weighted by Crippen LogP contribution is 2.30. The van der Waals surface area contributed by atoms with E-state index in [9.17, 15) is 9.18 Å². The molecule has 0 bridgehead atoms. The number of pyridine rings is 2. The van der Waals surface area contributed by atoms with Gasteiger partial charge in [-0.3, -0.25) is 14.5 Å². The number of nitrogens with zero attached hydrogens (tertiary/aromatic N) is 6. The van der Waals surface area contributed by atoms with Crippen LogP contribution in [0.1, 0.15) is 34.3 Å². The number of aryl methyl sites for hydroxylation is 1. The van der Waals surface area contributed by atoms with Gasteiger partial charge in [0, 0.05) is 54.4 Å². The zero-order valence-corrected chi connectivity index (χ0v) is 19.1. The lowest BCUT2D eigenvalue weighted by atomic mass is 9.97. The van der Waals surface area contributed by atoms with Crippen molar-refractivity contribution >= 4 is 33.8 Å². The Morgan fingerprint density at radius 2 is 2.00 bits per heavy atom. The van der Waals surface area contributed by atoms with E-state index in [1.807, 2.05) is 25.4 Å². The Morgan fingerprint density at radius 3 is 2.76 bits per heavy atom. The number of carbonyl (C=O) groups is 1. The summed E-state index contributed by atoms with van der Waals surface area (Å²) >= 11 is 1.51. The van der Waals surface area contributed by atoms with Gasteiger partial charge in [-0.1, -0.05) is 0 Å². The predicted molar refractivity (Wildman–Crippen MR) is 126 cm³/mol. The van der Waals surface area contributed by atoms with E-state index in [2.05, 4.69) is 30.3 Å². The maximum absolute atomic E-state index is 12.8. The summed E-state index contributed by atoms with van der Waals surface area (Å²) in [7, 11) is 1.86. The summed E-state index contributed by atoms with van der Waals surface area (Å²) in [4.78, 5) is 28.4. The molecular weight excluding hydrogens is 441 g/mol. The normalized spacial score (nSPS) is 15.2. The van der Waals surface area contributed by atoms with E-state index in [0.29, 0.717) is 24.0 Å². The lowest BCUT2D eigenvalue weighted by molar-refractivity contribution is 0.102.